The minimum absolute atomic E-state index is 0.220. The van der Waals surface area contributed by atoms with Gasteiger partial charge >= 0.3 is 6.18 Å². The molecule has 0 saturated carbocycles. The molecule has 0 bridgehead atoms. The Morgan fingerprint density at radius 2 is 1.96 bits per heavy atom. The van der Waals surface area contributed by atoms with Crippen molar-refractivity contribution in [2.24, 2.45) is 4.99 Å². The highest BCUT2D eigenvalue weighted by atomic mass is 19.4. The van der Waals surface area contributed by atoms with Gasteiger partial charge in [0.25, 0.3) is 0 Å². The van der Waals surface area contributed by atoms with E-state index in [1.165, 1.54) is 6.07 Å². The fraction of sp³-hybridized carbons (Fsp3) is 0.188. The van der Waals surface area contributed by atoms with Crippen LogP contribution >= 0.6 is 0 Å². The van der Waals surface area contributed by atoms with Crippen LogP contribution < -0.4 is 4.74 Å². The van der Waals surface area contributed by atoms with E-state index < -0.39 is 11.9 Å². The van der Waals surface area contributed by atoms with E-state index in [0.717, 1.165) is 17.8 Å². The maximum atomic E-state index is 12.5. The molecule has 1 aliphatic rings. The number of hydrogen-bond donors (Lipinski definition) is 0. The molecule has 0 fully saturated rings. The topological polar surface area (TPSA) is 47.4 Å². The molecule has 2 aromatic heterocycles. The van der Waals surface area contributed by atoms with Crippen molar-refractivity contribution in [3.8, 4) is 11.5 Å². The minimum Gasteiger partial charge on any atom is -0.453 e. The number of aliphatic imine (C=N–C) groups is 1. The highest BCUT2D eigenvalue weighted by Crippen LogP contribution is 2.32. The Kier molecular flexibility index (Phi) is 4.10. The fourth-order valence-corrected chi connectivity index (χ4v) is 2.13. The van der Waals surface area contributed by atoms with Crippen LogP contribution in [0, 0.1) is 0 Å². The second-order valence-corrected chi connectivity index (χ2v) is 4.81. The summed E-state index contributed by atoms with van der Waals surface area (Å²) in [5.74, 6) is 0.688. The first kappa shape index (κ1) is 15.2. The number of hydrogen-bond acceptors (Lipinski definition) is 4. The molecule has 0 amide bonds. The molecule has 2 aromatic rings. The lowest BCUT2D eigenvalue weighted by atomic mass is 10.1. The van der Waals surface area contributed by atoms with Crippen LogP contribution in [-0.4, -0.2) is 22.7 Å². The van der Waals surface area contributed by atoms with Gasteiger partial charge in [-0.15, -0.1) is 0 Å². The van der Waals surface area contributed by atoms with Gasteiger partial charge in [0.05, 0.1) is 12.7 Å². The number of halogens is 3. The Hall–Kier alpha value is -2.70. The molecular formula is C16H12F3N3O. The summed E-state index contributed by atoms with van der Waals surface area (Å²) in [6, 6.07) is 5.54. The van der Waals surface area contributed by atoms with Crippen molar-refractivity contribution in [1.82, 2.24) is 9.97 Å². The Morgan fingerprint density at radius 1 is 1.09 bits per heavy atom. The highest BCUT2D eigenvalue weighted by Gasteiger charge is 2.32. The van der Waals surface area contributed by atoms with Gasteiger partial charge in [0.1, 0.15) is 17.1 Å². The zero-order valence-corrected chi connectivity index (χ0v) is 11.9. The predicted molar refractivity (Wildman–Crippen MR) is 79.5 cm³/mol. The van der Waals surface area contributed by atoms with Gasteiger partial charge in [0.2, 0.25) is 0 Å². The van der Waals surface area contributed by atoms with E-state index in [0.29, 0.717) is 24.4 Å². The Balaban J connectivity index is 1.85. The van der Waals surface area contributed by atoms with Crippen molar-refractivity contribution in [1.29, 1.82) is 0 Å². The first-order chi connectivity index (χ1) is 11.0. The highest BCUT2D eigenvalue weighted by molar-refractivity contribution is 5.82. The van der Waals surface area contributed by atoms with Crippen LogP contribution in [0.2, 0.25) is 0 Å². The summed E-state index contributed by atoms with van der Waals surface area (Å²) in [5.41, 5.74) is 0.663. The molecular weight excluding hydrogens is 307 g/mol. The number of alkyl halides is 3. The molecule has 0 atom stereocenters. The maximum absolute atomic E-state index is 12.5. The minimum atomic E-state index is -4.47. The number of dihydropyridines is 1. The van der Waals surface area contributed by atoms with Crippen molar-refractivity contribution >= 4 is 11.8 Å². The summed E-state index contributed by atoms with van der Waals surface area (Å²) in [6.45, 7) is 0.577. The van der Waals surface area contributed by atoms with Gasteiger partial charge in [-0.3, -0.25) is 9.98 Å². The smallest absolute Gasteiger partial charge is 0.433 e. The molecule has 7 heteroatoms. The molecule has 3 rings (SSSR count). The first-order valence-electron chi connectivity index (χ1n) is 6.88. The number of rotatable bonds is 3. The van der Waals surface area contributed by atoms with Crippen LogP contribution in [0.4, 0.5) is 13.2 Å². The second-order valence-electron chi connectivity index (χ2n) is 4.81. The van der Waals surface area contributed by atoms with E-state index in [4.69, 9.17) is 4.74 Å². The van der Waals surface area contributed by atoms with Gasteiger partial charge < -0.3 is 4.74 Å². The molecule has 23 heavy (non-hydrogen) atoms. The van der Waals surface area contributed by atoms with Crippen molar-refractivity contribution < 1.29 is 17.9 Å². The molecule has 1 aliphatic heterocycles. The molecule has 0 unspecified atom stereocenters. The molecule has 0 aliphatic carbocycles. The summed E-state index contributed by atoms with van der Waals surface area (Å²) in [6.07, 6.45) is 2.60. The fourth-order valence-electron chi connectivity index (χ4n) is 2.13. The summed E-state index contributed by atoms with van der Waals surface area (Å²) < 4.78 is 43.2. The van der Waals surface area contributed by atoms with Crippen LogP contribution in [-0.2, 0) is 6.18 Å². The SMILES string of the molecule is FC(F)(F)c1ccc(Oc2cccnc2C2=CCN=CC2)cn1. The van der Waals surface area contributed by atoms with Crippen LogP contribution in [0.15, 0.2) is 47.7 Å². The third-order valence-electron chi connectivity index (χ3n) is 3.21. The molecule has 0 spiro atoms. The summed E-state index contributed by atoms with van der Waals surface area (Å²) in [4.78, 5) is 11.8. The molecule has 0 N–H and O–H groups in total. The number of nitrogens with zero attached hydrogens (tertiary/aromatic N) is 3. The monoisotopic (exact) mass is 319 g/mol. The molecule has 0 saturated heterocycles. The quantitative estimate of drug-likeness (QED) is 0.854. The van der Waals surface area contributed by atoms with Crippen molar-refractivity contribution in [2.45, 2.75) is 12.6 Å². The average molecular weight is 319 g/mol. The average Bonchev–Trinajstić information content (AvgIpc) is 2.56. The van der Waals surface area contributed by atoms with E-state index in [1.807, 2.05) is 6.08 Å². The summed E-state index contributed by atoms with van der Waals surface area (Å²) >= 11 is 0. The van der Waals surface area contributed by atoms with E-state index in [9.17, 15) is 13.2 Å². The van der Waals surface area contributed by atoms with E-state index in [2.05, 4.69) is 15.0 Å². The second kappa shape index (κ2) is 6.20. The van der Waals surface area contributed by atoms with Crippen LogP contribution in [0.25, 0.3) is 5.57 Å². The van der Waals surface area contributed by atoms with Crippen LogP contribution in [0.1, 0.15) is 17.8 Å². The molecule has 0 aromatic carbocycles. The van der Waals surface area contributed by atoms with Gasteiger partial charge in [-0.05, 0) is 29.8 Å². The van der Waals surface area contributed by atoms with Crippen molar-refractivity contribution in [2.75, 3.05) is 6.54 Å². The van der Waals surface area contributed by atoms with Gasteiger partial charge in [-0.25, -0.2) is 4.98 Å². The van der Waals surface area contributed by atoms with E-state index in [1.54, 1.807) is 24.5 Å². The Morgan fingerprint density at radius 3 is 2.61 bits per heavy atom. The maximum Gasteiger partial charge on any atom is 0.433 e. The Labute approximate surface area is 130 Å². The first-order valence-corrected chi connectivity index (χ1v) is 6.88. The number of aromatic nitrogens is 2. The number of pyridine rings is 2. The standard InChI is InChI=1S/C16H12F3N3O/c17-16(18,19)14-4-3-12(10-22-14)23-13-2-1-7-21-15(13)11-5-8-20-9-6-11/h1-5,7,9-10H,6,8H2. The molecule has 4 nitrogen and oxygen atoms in total. The van der Waals surface area contributed by atoms with Gasteiger partial charge in [0.15, 0.2) is 5.75 Å². The lowest BCUT2D eigenvalue weighted by Crippen LogP contribution is -2.07. The van der Waals surface area contributed by atoms with E-state index in [-0.39, 0.29) is 5.75 Å². The van der Waals surface area contributed by atoms with E-state index >= 15 is 0 Å². The molecule has 3 heterocycles. The van der Waals surface area contributed by atoms with Gasteiger partial charge in [-0.1, -0.05) is 6.08 Å². The number of allylic oxidation sites excluding steroid dienone is 1. The van der Waals surface area contributed by atoms with Crippen LogP contribution in [0.5, 0.6) is 11.5 Å². The van der Waals surface area contributed by atoms with Gasteiger partial charge in [0, 0.05) is 18.8 Å². The van der Waals surface area contributed by atoms with Crippen LogP contribution in [0.3, 0.4) is 0 Å². The number of ether oxygens (including phenoxy) is 1. The van der Waals surface area contributed by atoms with Gasteiger partial charge in [-0.2, -0.15) is 13.2 Å². The lowest BCUT2D eigenvalue weighted by molar-refractivity contribution is -0.141. The molecule has 0 radical (unpaired) electrons. The third kappa shape index (κ3) is 3.56. The zero-order valence-electron chi connectivity index (χ0n) is 11.9. The van der Waals surface area contributed by atoms with Crippen molar-refractivity contribution in [3.05, 3.63) is 54.1 Å². The summed E-state index contributed by atoms with van der Waals surface area (Å²) in [7, 11) is 0. The van der Waals surface area contributed by atoms with Crippen molar-refractivity contribution in [3.63, 3.8) is 0 Å². The third-order valence-corrected chi connectivity index (χ3v) is 3.21. The molecule has 118 valence electrons. The largest absolute Gasteiger partial charge is 0.453 e. The summed E-state index contributed by atoms with van der Waals surface area (Å²) in [5, 5.41) is 0. The zero-order chi connectivity index (χ0) is 16.3. The lowest BCUT2D eigenvalue weighted by Gasteiger charge is -2.13. The predicted octanol–water partition coefficient (Wildman–Crippen LogP) is 4.15. The normalized spacial score (nSPS) is 14.5. The Bertz CT molecular complexity index is 752.